The molecular formula is C9H14O2. The van der Waals surface area contributed by atoms with E-state index in [0.29, 0.717) is 0 Å². The lowest BCUT2D eigenvalue weighted by atomic mass is 9.72. The number of aliphatic hydroxyl groups is 1. The van der Waals surface area contributed by atoms with Gasteiger partial charge in [-0.15, -0.1) is 0 Å². The summed E-state index contributed by atoms with van der Waals surface area (Å²) in [7, 11) is 0. The number of carbonyl (C=O) groups is 1. The van der Waals surface area contributed by atoms with Gasteiger partial charge < -0.3 is 5.11 Å². The molecule has 0 aliphatic heterocycles. The van der Waals surface area contributed by atoms with Crippen molar-refractivity contribution in [3.63, 3.8) is 0 Å². The van der Waals surface area contributed by atoms with E-state index in [9.17, 15) is 9.90 Å². The molecule has 0 amide bonds. The topological polar surface area (TPSA) is 37.3 Å². The van der Waals surface area contributed by atoms with Crippen LogP contribution < -0.4 is 0 Å². The van der Waals surface area contributed by atoms with Gasteiger partial charge in [0, 0.05) is 0 Å². The molecule has 0 heterocycles. The minimum atomic E-state index is -0.810. The first-order chi connectivity index (χ1) is 4.95. The summed E-state index contributed by atoms with van der Waals surface area (Å²) in [5, 5.41) is 9.38. The van der Waals surface area contributed by atoms with Crippen LogP contribution in [-0.2, 0) is 4.79 Å². The van der Waals surface area contributed by atoms with Crippen molar-refractivity contribution in [3.05, 3.63) is 12.2 Å². The van der Waals surface area contributed by atoms with E-state index in [1.807, 2.05) is 26.8 Å². The highest BCUT2D eigenvalue weighted by atomic mass is 16.3. The van der Waals surface area contributed by atoms with Gasteiger partial charge in [0.25, 0.3) is 0 Å². The van der Waals surface area contributed by atoms with E-state index < -0.39 is 6.10 Å². The summed E-state index contributed by atoms with van der Waals surface area (Å²) >= 11 is 0. The molecule has 1 aliphatic rings. The molecule has 2 nitrogen and oxygen atoms in total. The predicted octanol–water partition coefficient (Wildman–Crippen LogP) is 1.15. The van der Waals surface area contributed by atoms with Gasteiger partial charge in [0.15, 0.2) is 5.78 Å². The average Bonchev–Trinajstić information content (AvgIpc) is 1.95. The molecule has 1 aliphatic carbocycles. The highest BCUT2D eigenvalue weighted by Crippen LogP contribution is 2.34. The van der Waals surface area contributed by atoms with Gasteiger partial charge in [-0.25, -0.2) is 0 Å². The van der Waals surface area contributed by atoms with Gasteiger partial charge in [-0.3, -0.25) is 4.79 Å². The summed E-state index contributed by atoms with van der Waals surface area (Å²) in [6.07, 6.45) is 2.53. The molecule has 0 aromatic rings. The van der Waals surface area contributed by atoms with E-state index in [-0.39, 0.29) is 17.1 Å². The molecule has 2 atom stereocenters. The van der Waals surface area contributed by atoms with Gasteiger partial charge in [-0.05, 0) is 17.4 Å². The Bertz CT molecular complexity index is 204. The summed E-state index contributed by atoms with van der Waals surface area (Å²) in [5.41, 5.74) is -0.0622. The minimum absolute atomic E-state index is 0.0139. The Hall–Kier alpha value is -0.630. The number of rotatable bonds is 0. The molecule has 1 rings (SSSR count). The Morgan fingerprint density at radius 2 is 2.09 bits per heavy atom. The molecule has 62 valence electrons. The van der Waals surface area contributed by atoms with Crippen molar-refractivity contribution < 1.29 is 9.90 Å². The van der Waals surface area contributed by atoms with Crippen molar-refractivity contribution in [1.29, 1.82) is 0 Å². The Kier molecular flexibility index (Phi) is 1.89. The largest absolute Gasteiger partial charge is 0.385 e. The fraction of sp³-hybridized carbons (Fsp3) is 0.667. The van der Waals surface area contributed by atoms with Crippen LogP contribution in [0.1, 0.15) is 20.8 Å². The van der Waals surface area contributed by atoms with Crippen LogP contribution >= 0.6 is 0 Å². The smallest absolute Gasteiger partial charge is 0.184 e. The van der Waals surface area contributed by atoms with E-state index in [1.54, 1.807) is 0 Å². The van der Waals surface area contributed by atoms with E-state index in [1.165, 1.54) is 6.08 Å². The molecule has 0 radical (unpaired) electrons. The van der Waals surface area contributed by atoms with Crippen LogP contribution in [-0.4, -0.2) is 17.0 Å². The van der Waals surface area contributed by atoms with Gasteiger partial charge in [0.1, 0.15) is 6.10 Å². The van der Waals surface area contributed by atoms with E-state index >= 15 is 0 Å². The Labute approximate surface area is 66.9 Å². The van der Waals surface area contributed by atoms with Crippen LogP contribution in [0.4, 0.5) is 0 Å². The van der Waals surface area contributed by atoms with E-state index in [2.05, 4.69) is 0 Å². The average molecular weight is 154 g/mol. The molecule has 1 N–H and O–H groups in total. The van der Waals surface area contributed by atoms with Gasteiger partial charge >= 0.3 is 0 Å². The number of allylic oxidation sites excluding steroid dienone is 1. The van der Waals surface area contributed by atoms with Gasteiger partial charge in [0.2, 0.25) is 0 Å². The Morgan fingerprint density at radius 1 is 1.55 bits per heavy atom. The van der Waals surface area contributed by atoms with Crippen molar-refractivity contribution in [2.45, 2.75) is 26.9 Å². The molecule has 2 heteroatoms. The van der Waals surface area contributed by atoms with Gasteiger partial charge in [0.05, 0.1) is 0 Å². The molecule has 0 spiro atoms. The van der Waals surface area contributed by atoms with Crippen molar-refractivity contribution >= 4 is 5.78 Å². The first kappa shape index (κ1) is 8.47. The lowest BCUT2D eigenvalue weighted by Crippen LogP contribution is -2.39. The van der Waals surface area contributed by atoms with Crippen molar-refractivity contribution in [3.8, 4) is 0 Å². The fourth-order valence-electron chi connectivity index (χ4n) is 1.20. The quantitative estimate of drug-likeness (QED) is 0.568. The molecular weight excluding hydrogens is 140 g/mol. The molecule has 0 saturated heterocycles. The summed E-state index contributed by atoms with van der Waals surface area (Å²) < 4.78 is 0. The highest BCUT2D eigenvalue weighted by Gasteiger charge is 2.35. The number of aliphatic hydroxyl groups excluding tert-OH is 1. The van der Waals surface area contributed by atoms with Crippen LogP contribution in [0, 0.1) is 11.3 Å². The minimum Gasteiger partial charge on any atom is -0.385 e. The second-order valence-electron chi connectivity index (χ2n) is 3.79. The van der Waals surface area contributed by atoms with Crippen molar-refractivity contribution in [2.75, 3.05) is 0 Å². The molecule has 11 heavy (non-hydrogen) atoms. The normalized spacial score (nSPS) is 35.8. The number of ketones is 1. The lowest BCUT2D eigenvalue weighted by Gasteiger charge is -2.34. The zero-order valence-electron chi connectivity index (χ0n) is 7.16. The highest BCUT2D eigenvalue weighted by molar-refractivity contribution is 5.94. The zero-order valence-corrected chi connectivity index (χ0v) is 7.16. The van der Waals surface area contributed by atoms with Gasteiger partial charge in [-0.1, -0.05) is 26.8 Å². The van der Waals surface area contributed by atoms with Crippen LogP contribution in [0.15, 0.2) is 12.2 Å². The number of hydrogen-bond donors (Lipinski definition) is 1. The maximum absolute atomic E-state index is 11.0. The van der Waals surface area contributed by atoms with Crippen LogP contribution in [0.25, 0.3) is 0 Å². The predicted molar refractivity (Wildman–Crippen MR) is 43.1 cm³/mol. The summed E-state index contributed by atoms with van der Waals surface area (Å²) in [4.78, 5) is 11.0. The summed E-state index contributed by atoms with van der Waals surface area (Å²) in [6, 6.07) is 0. The van der Waals surface area contributed by atoms with Crippen LogP contribution in [0.2, 0.25) is 0 Å². The third-order valence-corrected chi connectivity index (χ3v) is 2.62. The second-order valence-corrected chi connectivity index (χ2v) is 3.79. The standard InChI is InChI=1S/C9H14O2/c1-6-8(11)7(10)4-5-9(6,2)3/h4-6,8,11H,1-3H3. The summed E-state index contributed by atoms with van der Waals surface area (Å²) in [6.45, 7) is 5.93. The number of hydrogen-bond acceptors (Lipinski definition) is 2. The maximum atomic E-state index is 11.0. The lowest BCUT2D eigenvalue weighted by molar-refractivity contribution is -0.127. The Morgan fingerprint density at radius 3 is 2.55 bits per heavy atom. The van der Waals surface area contributed by atoms with E-state index in [4.69, 9.17) is 0 Å². The Balaban J connectivity index is 2.94. The second kappa shape index (κ2) is 2.45. The third kappa shape index (κ3) is 1.36. The monoisotopic (exact) mass is 154 g/mol. The molecule has 0 saturated carbocycles. The molecule has 0 fully saturated rings. The fourth-order valence-corrected chi connectivity index (χ4v) is 1.20. The molecule has 0 aromatic heterocycles. The first-order valence-electron chi connectivity index (χ1n) is 3.86. The molecule has 0 aromatic carbocycles. The molecule has 2 unspecified atom stereocenters. The number of carbonyl (C=O) groups excluding carboxylic acids is 1. The third-order valence-electron chi connectivity index (χ3n) is 2.62. The first-order valence-corrected chi connectivity index (χ1v) is 3.86. The molecule has 0 bridgehead atoms. The van der Waals surface area contributed by atoms with Crippen LogP contribution in [0.5, 0.6) is 0 Å². The zero-order chi connectivity index (χ0) is 8.65. The van der Waals surface area contributed by atoms with E-state index in [0.717, 1.165) is 0 Å². The van der Waals surface area contributed by atoms with Crippen molar-refractivity contribution in [1.82, 2.24) is 0 Å². The van der Waals surface area contributed by atoms with Crippen LogP contribution in [0.3, 0.4) is 0 Å². The SMILES string of the molecule is CC1C(O)C(=O)C=CC1(C)C. The summed E-state index contributed by atoms with van der Waals surface area (Å²) in [5.74, 6) is -0.156. The van der Waals surface area contributed by atoms with Crippen molar-refractivity contribution in [2.24, 2.45) is 11.3 Å². The maximum Gasteiger partial charge on any atom is 0.184 e. The van der Waals surface area contributed by atoms with Gasteiger partial charge in [-0.2, -0.15) is 0 Å².